The number of benzene rings is 2. The van der Waals surface area contributed by atoms with Gasteiger partial charge in [-0.15, -0.1) is 0 Å². The molecule has 2 aromatic rings. The molecule has 0 fully saturated rings. The van der Waals surface area contributed by atoms with Crippen molar-refractivity contribution in [2.24, 2.45) is 0 Å². The molecule has 0 amide bonds. The van der Waals surface area contributed by atoms with Crippen LogP contribution < -0.4 is 4.74 Å². The number of phenols is 1. The molecule has 0 unspecified atom stereocenters. The van der Waals surface area contributed by atoms with Crippen LogP contribution in [-0.4, -0.2) is 26.7 Å². The zero-order valence-corrected chi connectivity index (χ0v) is 11.7. The first-order chi connectivity index (χ1) is 10.0. The van der Waals surface area contributed by atoms with Gasteiger partial charge < -0.3 is 14.6 Å². The number of rotatable bonds is 6. The molecular formula is C14H13NO5S. The molecule has 0 spiro atoms. The first-order valence-corrected chi connectivity index (χ1v) is 7.40. The molecule has 21 heavy (non-hydrogen) atoms. The Kier molecular flexibility index (Phi) is 4.44. The van der Waals surface area contributed by atoms with E-state index >= 15 is 0 Å². The van der Waals surface area contributed by atoms with Gasteiger partial charge in [0.1, 0.15) is 11.5 Å². The minimum absolute atomic E-state index is 0.00361. The molecule has 6 nitrogen and oxygen atoms in total. The molecule has 7 heteroatoms. The highest BCUT2D eigenvalue weighted by Gasteiger charge is 2.17. The Hall–Kier alpha value is -2.54. The SMILES string of the molecule is N=COCOc1ccc(S(=O)(=O)c2ccc(O)cc2)cc1. The van der Waals surface area contributed by atoms with E-state index in [2.05, 4.69) is 4.74 Å². The Morgan fingerprint density at radius 1 is 1.00 bits per heavy atom. The molecule has 0 heterocycles. The van der Waals surface area contributed by atoms with E-state index < -0.39 is 9.84 Å². The number of phenolic OH excluding ortho intramolecular Hbond substituents is 1. The highest BCUT2D eigenvalue weighted by atomic mass is 32.2. The van der Waals surface area contributed by atoms with Gasteiger partial charge in [0.2, 0.25) is 16.6 Å². The van der Waals surface area contributed by atoms with Crippen molar-refractivity contribution in [2.75, 3.05) is 6.79 Å². The second-order valence-corrected chi connectivity index (χ2v) is 5.97. The number of hydrogen-bond donors (Lipinski definition) is 2. The van der Waals surface area contributed by atoms with E-state index in [1.54, 1.807) is 0 Å². The van der Waals surface area contributed by atoms with Crippen molar-refractivity contribution in [3.63, 3.8) is 0 Å². The summed E-state index contributed by atoms with van der Waals surface area (Å²) in [6.45, 7) is -0.118. The molecule has 0 saturated carbocycles. The summed E-state index contributed by atoms with van der Waals surface area (Å²) in [5.74, 6) is 0.436. The average Bonchev–Trinajstić information content (AvgIpc) is 2.48. The predicted molar refractivity (Wildman–Crippen MR) is 75.4 cm³/mol. The third kappa shape index (κ3) is 3.51. The van der Waals surface area contributed by atoms with E-state index in [0.29, 0.717) is 5.75 Å². The molecule has 0 atom stereocenters. The Morgan fingerprint density at radius 2 is 1.52 bits per heavy atom. The average molecular weight is 307 g/mol. The number of ether oxygens (including phenoxy) is 2. The van der Waals surface area contributed by atoms with Gasteiger partial charge in [-0.05, 0) is 48.5 Å². The van der Waals surface area contributed by atoms with Crippen molar-refractivity contribution in [1.82, 2.24) is 0 Å². The van der Waals surface area contributed by atoms with Crippen molar-refractivity contribution < 1.29 is 23.0 Å². The van der Waals surface area contributed by atoms with E-state index in [9.17, 15) is 13.5 Å². The summed E-state index contributed by atoms with van der Waals surface area (Å²) in [5, 5.41) is 15.9. The Morgan fingerprint density at radius 3 is 2.05 bits per heavy atom. The van der Waals surface area contributed by atoms with Gasteiger partial charge in [0.05, 0.1) is 9.79 Å². The number of sulfone groups is 1. The maximum atomic E-state index is 12.3. The molecule has 0 aliphatic rings. The molecular weight excluding hydrogens is 294 g/mol. The summed E-state index contributed by atoms with van der Waals surface area (Å²) in [7, 11) is -3.63. The minimum atomic E-state index is -3.63. The van der Waals surface area contributed by atoms with Gasteiger partial charge in [-0.2, -0.15) is 0 Å². The number of nitrogens with one attached hydrogen (secondary N) is 1. The predicted octanol–water partition coefficient (Wildman–Crippen LogP) is 2.18. The quantitative estimate of drug-likeness (QED) is 0.369. The normalized spacial score (nSPS) is 10.9. The minimum Gasteiger partial charge on any atom is -0.508 e. The number of aromatic hydroxyl groups is 1. The fourth-order valence-corrected chi connectivity index (χ4v) is 2.87. The largest absolute Gasteiger partial charge is 0.508 e. The van der Waals surface area contributed by atoms with E-state index in [1.807, 2.05) is 0 Å². The van der Waals surface area contributed by atoms with E-state index in [-0.39, 0.29) is 22.3 Å². The van der Waals surface area contributed by atoms with Crippen LogP contribution in [-0.2, 0) is 14.6 Å². The lowest BCUT2D eigenvalue weighted by atomic mass is 10.3. The molecule has 0 aliphatic heterocycles. The molecule has 0 saturated heterocycles. The summed E-state index contributed by atoms with van der Waals surface area (Å²) in [5.41, 5.74) is 0. The Labute approximate surface area is 122 Å². The Balaban J connectivity index is 2.20. The van der Waals surface area contributed by atoms with Crippen LogP contribution in [0.5, 0.6) is 11.5 Å². The molecule has 2 aromatic carbocycles. The van der Waals surface area contributed by atoms with Crippen LogP contribution in [0.15, 0.2) is 58.3 Å². The van der Waals surface area contributed by atoms with E-state index in [4.69, 9.17) is 10.1 Å². The summed E-state index contributed by atoms with van der Waals surface area (Å²) in [6, 6.07) is 11.2. The highest BCUT2D eigenvalue weighted by molar-refractivity contribution is 7.91. The molecule has 2 N–H and O–H groups in total. The maximum Gasteiger partial charge on any atom is 0.231 e. The second kappa shape index (κ2) is 6.27. The van der Waals surface area contributed by atoms with Gasteiger partial charge >= 0.3 is 0 Å². The first-order valence-electron chi connectivity index (χ1n) is 5.91. The van der Waals surface area contributed by atoms with Crippen LogP contribution in [0.4, 0.5) is 0 Å². The van der Waals surface area contributed by atoms with E-state index in [1.165, 1.54) is 48.5 Å². The van der Waals surface area contributed by atoms with Crippen LogP contribution in [0.3, 0.4) is 0 Å². The lowest BCUT2D eigenvalue weighted by Gasteiger charge is -2.07. The van der Waals surface area contributed by atoms with Gasteiger partial charge in [0.25, 0.3) is 0 Å². The van der Waals surface area contributed by atoms with Crippen molar-refractivity contribution in [3.05, 3.63) is 48.5 Å². The molecule has 0 radical (unpaired) electrons. The third-order valence-electron chi connectivity index (χ3n) is 2.66. The van der Waals surface area contributed by atoms with Crippen molar-refractivity contribution in [2.45, 2.75) is 9.79 Å². The second-order valence-electron chi connectivity index (χ2n) is 4.02. The molecule has 0 bridgehead atoms. The topological polar surface area (TPSA) is 96.7 Å². The maximum absolute atomic E-state index is 12.3. The van der Waals surface area contributed by atoms with Crippen LogP contribution in [0.2, 0.25) is 0 Å². The fraction of sp³-hybridized carbons (Fsp3) is 0.0714. The fourth-order valence-electron chi connectivity index (χ4n) is 1.61. The van der Waals surface area contributed by atoms with Gasteiger partial charge in [-0.25, -0.2) is 8.42 Å². The summed E-state index contributed by atoms with van der Waals surface area (Å²) in [4.78, 5) is 0.217. The van der Waals surface area contributed by atoms with E-state index in [0.717, 1.165) is 6.40 Å². The van der Waals surface area contributed by atoms with Gasteiger partial charge in [0.15, 0.2) is 6.40 Å². The van der Waals surface area contributed by atoms with Crippen LogP contribution >= 0.6 is 0 Å². The monoisotopic (exact) mass is 307 g/mol. The molecule has 0 aromatic heterocycles. The first kappa shape index (κ1) is 14.9. The summed E-state index contributed by atoms with van der Waals surface area (Å²) >= 11 is 0. The van der Waals surface area contributed by atoms with Gasteiger partial charge in [-0.1, -0.05) is 0 Å². The lowest BCUT2D eigenvalue weighted by Crippen LogP contribution is -2.03. The summed E-state index contributed by atoms with van der Waals surface area (Å²) < 4.78 is 34.4. The van der Waals surface area contributed by atoms with Crippen LogP contribution in [0.1, 0.15) is 0 Å². The van der Waals surface area contributed by atoms with Crippen LogP contribution in [0.25, 0.3) is 0 Å². The zero-order chi connectivity index (χ0) is 15.3. The Bertz CT molecular complexity index is 708. The third-order valence-corrected chi connectivity index (χ3v) is 4.44. The standard InChI is InChI=1S/C14H13NO5S/c15-9-19-10-20-12-3-7-14(8-4-12)21(17,18)13-5-1-11(16)2-6-13/h1-9,15-16H,10H2. The van der Waals surface area contributed by atoms with Gasteiger partial charge in [0, 0.05) is 0 Å². The lowest BCUT2D eigenvalue weighted by molar-refractivity contribution is 0.115. The number of hydrogen-bond acceptors (Lipinski definition) is 6. The van der Waals surface area contributed by atoms with Crippen LogP contribution in [0, 0.1) is 5.41 Å². The highest BCUT2D eigenvalue weighted by Crippen LogP contribution is 2.24. The summed E-state index contributed by atoms with van der Waals surface area (Å²) in [6.07, 6.45) is 0.754. The van der Waals surface area contributed by atoms with Crippen molar-refractivity contribution >= 4 is 16.2 Å². The van der Waals surface area contributed by atoms with Crippen molar-refractivity contribution in [1.29, 1.82) is 5.41 Å². The molecule has 2 rings (SSSR count). The molecule has 110 valence electrons. The van der Waals surface area contributed by atoms with Crippen molar-refractivity contribution in [3.8, 4) is 11.5 Å². The smallest absolute Gasteiger partial charge is 0.231 e. The molecule has 0 aliphatic carbocycles. The zero-order valence-electron chi connectivity index (χ0n) is 10.9. The van der Waals surface area contributed by atoms with Gasteiger partial charge in [-0.3, -0.25) is 5.41 Å².